The topological polar surface area (TPSA) is 48.3 Å². The number of pyridine rings is 1. The number of ether oxygens (including phenoxy) is 1. The second-order valence-electron chi connectivity index (χ2n) is 4.82. The van der Waals surface area contributed by atoms with E-state index in [1.165, 1.54) is 18.4 Å². The van der Waals surface area contributed by atoms with E-state index in [9.17, 15) is 9.59 Å². The van der Waals surface area contributed by atoms with Crippen LogP contribution in [0.15, 0.2) is 28.5 Å². The van der Waals surface area contributed by atoms with Crippen LogP contribution in [0.4, 0.5) is 0 Å². The number of carbonyl (C=O) groups excluding carboxylic acids is 1. The Morgan fingerprint density at radius 3 is 2.83 bits per heavy atom. The van der Waals surface area contributed by atoms with Crippen molar-refractivity contribution in [2.24, 2.45) is 5.41 Å². The number of fused-ring (bicyclic) bond motifs is 1. The molecule has 5 heteroatoms. The van der Waals surface area contributed by atoms with Crippen LogP contribution in [0.5, 0.6) is 0 Å². The summed E-state index contributed by atoms with van der Waals surface area (Å²) in [5.41, 5.74) is -0.784. The summed E-state index contributed by atoms with van der Waals surface area (Å²) in [5.74, 6) is -0.320. The van der Waals surface area contributed by atoms with Crippen molar-refractivity contribution < 1.29 is 9.53 Å². The minimum absolute atomic E-state index is 0.0641. The number of rotatable bonds is 3. The maximum atomic E-state index is 12.2. The first kappa shape index (κ1) is 12.8. The van der Waals surface area contributed by atoms with Gasteiger partial charge in [-0.05, 0) is 31.4 Å². The van der Waals surface area contributed by atoms with Gasteiger partial charge in [-0.25, -0.2) is 0 Å². The maximum Gasteiger partial charge on any atom is 0.313 e. The minimum atomic E-state index is -0.720. The van der Waals surface area contributed by atoms with Crippen LogP contribution in [0.2, 0.25) is 0 Å². The van der Waals surface area contributed by atoms with E-state index < -0.39 is 5.41 Å². The van der Waals surface area contributed by atoms with Crippen molar-refractivity contribution in [3.63, 3.8) is 0 Å². The number of methoxy groups -OCH3 is 1. The SMILES string of the molecule is COC(=O)C(C)(C)Cn1ccc2sccc2c1=O. The van der Waals surface area contributed by atoms with Crippen molar-refractivity contribution in [3.05, 3.63) is 34.1 Å². The predicted molar refractivity (Wildman–Crippen MR) is 71.9 cm³/mol. The number of thiophene rings is 1. The summed E-state index contributed by atoms with van der Waals surface area (Å²) >= 11 is 1.53. The average molecular weight is 265 g/mol. The molecule has 2 aromatic rings. The molecule has 0 aliphatic heterocycles. The molecule has 0 aliphatic carbocycles. The number of esters is 1. The summed E-state index contributed by atoms with van der Waals surface area (Å²) in [6.45, 7) is 3.84. The molecule has 0 aliphatic rings. The summed E-state index contributed by atoms with van der Waals surface area (Å²) < 4.78 is 7.27. The Bertz CT molecular complexity index is 639. The van der Waals surface area contributed by atoms with Gasteiger partial charge in [-0.2, -0.15) is 0 Å². The molecule has 2 rings (SSSR count). The molecular formula is C13H15NO3S. The predicted octanol–water partition coefficient (Wildman–Crippen LogP) is 2.26. The Labute approximate surface area is 109 Å². The van der Waals surface area contributed by atoms with Gasteiger partial charge in [-0.15, -0.1) is 11.3 Å². The lowest BCUT2D eigenvalue weighted by atomic mass is 9.93. The highest BCUT2D eigenvalue weighted by atomic mass is 32.1. The standard InChI is InChI=1S/C13H15NO3S/c1-13(2,12(16)17-3)8-14-6-4-10-9(11(14)15)5-7-18-10/h4-7H,8H2,1-3H3. The van der Waals surface area contributed by atoms with E-state index in [4.69, 9.17) is 4.74 Å². The zero-order chi connectivity index (χ0) is 13.3. The molecule has 18 heavy (non-hydrogen) atoms. The van der Waals surface area contributed by atoms with Crippen LogP contribution in [0.3, 0.4) is 0 Å². The zero-order valence-electron chi connectivity index (χ0n) is 10.6. The van der Waals surface area contributed by atoms with Crippen LogP contribution < -0.4 is 5.56 Å². The monoisotopic (exact) mass is 265 g/mol. The Hall–Kier alpha value is -1.62. The van der Waals surface area contributed by atoms with Crippen LogP contribution in [-0.2, 0) is 16.1 Å². The first-order chi connectivity index (χ1) is 8.45. The molecule has 0 aromatic carbocycles. The third-order valence-electron chi connectivity index (χ3n) is 2.90. The molecule has 0 N–H and O–H groups in total. The molecule has 2 heterocycles. The second-order valence-corrected chi connectivity index (χ2v) is 5.77. The first-order valence-corrected chi connectivity index (χ1v) is 6.49. The quantitative estimate of drug-likeness (QED) is 0.800. The van der Waals surface area contributed by atoms with E-state index in [0.717, 1.165) is 4.70 Å². The van der Waals surface area contributed by atoms with Gasteiger partial charge in [0.25, 0.3) is 5.56 Å². The highest BCUT2D eigenvalue weighted by Gasteiger charge is 2.29. The van der Waals surface area contributed by atoms with Crippen molar-refractivity contribution in [3.8, 4) is 0 Å². The molecule has 0 spiro atoms. The van der Waals surface area contributed by atoms with Crippen molar-refractivity contribution >= 4 is 27.4 Å². The molecule has 0 saturated heterocycles. The largest absolute Gasteiger partial charge is 0.469 e. The number of hydrogen-bond acceptors (Lipinski definition) is 4. The lowest BCUT2D eigenvalue weighted by Gasteiger charge is -2.22. The van der Waals surface area contributed by atoms with E-state index in [0.29, 0.717) is 11.9 Å². The minimum Gasteiger partial charge on any atom is -0.469 e. The van der Waals surface area contributed by atoms with Crippen LogP contribution in [0.25, 0.3) is 10.1 Å². The van der Waals surface area contributed by atoms with E-state index in [2.05, 4.69) is 0 Å². The molecule has 0 atom stereocenters. The van der Waals surface area contributed by atoms with Gasteiger partial charge < -0.3 is 9.30 Å². The summed E-state index contributed by atoms with van der Waals surface area (Å²) in [7, 11) is 1.36. The van der Waals surface area contributed by atoms with Crippen molar-refractivity contribution in [2.45, 2.75) is 20.4 Å². The molecule has 96 valence electrons. The van der Waals surface area contributed by atoms with E-state index in [-0.39, 0.29) is 11.5 Å². The molecule has 0 bridgehead atoms. The van der Waals surface area contributed by atoms with Crippen LogP contribution in [0.1, 0.15) is 13.8 Å². The van der Waals surface area contributed by atoms with Gasteiger partial charge >= 0.3 is 5.97 Å². The third-order valence-corrected chi connectivity index (χ3v) is 3.78. The van der Waals surface area contributed by atoms with Crippen molar-refractivity contribution in [2.75, 3.05) is 7.11 Å². The Morgan fingerprint density at radius 1 is 1.44 bits per heavy atom. The number of aromatic nitrogens is 1. The first-order valence-electron chi connectivity index (χ1n) is 5.61. The normalized spacial score (nSPS) is 11.7. The van der Waals surface area contributed by atoms with Crippen molar-refractivity contribution in [1.29, 1.82) is 0 Å². The second kappa shape index (κ2) is 4.57. The number of carbonyl (C=O) groups is 1. The Morgan fingerprint density at radius 2 is 2.17 bits per heavy atom. The Kier molecular flexibility index (Phi) is 3.26. The van der Waals surface area contributed by atoms with E-state index in [1.807, 2.05) is 17.5 Å². The van der Waals surface area contributed by atoms with E-state index in [1.54, 1.807) is 24.6 Å². The number of nitrogens with zero attached hydrogens (tertiary/aromatic N) is 1. The van der Waals surface area contributed by atoms with Gasteiger partial charge in [-0.1, -0.05) is 0 Å². The molecule has 0 saturated carbocycles. The van der Waals surface area contributed by atoms with Gasteiger partial charge in [-0.3, -0.25) is 9.59 Å². The van der Waals surface area contributed by atoms with Crippen LogP contribution >= 0.6 is 11.3 Å². The molecule has 4 nitrogen and oxygen atoms in total. The molecule has 0 amide bonds. The van der Waals surface area contributed by atoms with Crippen LogP contribution in [0, 0.1) is 5.41 Å². The van der Waals surface area contributed by atoms with Gasteiger partial charge in [0, 0.05) is 17.4 Å². The van der Waals surface area contributed by atoms with Gasteiger partial charge in [0.05, 0.1) is 17.9 Å². The number of hydrogen-bond donors (Lipinski definition) is 0. The average Bonchev–Trinajstić information content (AvgIpc) is 2.80. The molecule has 0 fully saturated rings. The fourth-order valence-electron chi connectivity index (χ4n) is 1.90. The molecule has 2 aromatic heterocycles. The van der Waals surface area contributed by atoms with Crippen LogP contribution in [-0.4, -0.2) is 17.6 Å². The zero-order valence-corrected chi connectivity index (χ0v) is 11.4. The lowest BCUT2D eigenvalue weighted by Crippen LogP contribution is -2.34. The lowest BCUT2D eigenvalue weighted by molar-refractivity contribution is -0.151. The smallest absolute Gasteiger partial charge is 0.313 e. The summed E-state index contributed by atoms with van der Waals surface area (Å²) in [5, 5.41) is 2.59. The Balaban J connectivity index is 2.41. The highest BCUT2D eigenvalue weighted by Crippen LogP contribution is 2.21. The van der Waals surface area contributed by atoms with E-state index >= 15 is 0 Å². The van der Waals surface area contributed by atoms with Gasteiger partial charge in [0.15, 0.2) is 0 Å². The molecular weight excluding hydrogens is 250 g/mol. The maximum absolute atomic E-state index is 12.2. The fraction of sp³-hybridized carbons (Fsp3) is 0.385. The summed E-state index contributed by atoms with van der Waals surface area (Å²) in [6.07, 6.45) is 1.73. The molecule has 0 unspecified atom stereocenters. The van der Waals surface area contributed by atoms with Gasteiger partial charge in [0.2, 0.25) is 0 Å². The molecule has 0 radical (unpaired) electrons. The van der Waals surface area contributed by atoms with Crippen molar-refractivity contribution in [1.82, 2.24) is 4.57 Å². The summed E-state index contributed by atoms with van der Waals surface area (Å²) in [4.78, 5) is 23.8. The fourth-order valence-corrected chi connectivity index (χ4v) is 2.67. The van der Waals surface area contributed by atoms with Gasteiger partial charge in [0.1, 0.15) is 0 Å². The summed E-state index contributed by atoms with van der Waals surface area (Å²) in [6, 6.07) is 3.71. The highest BCUT2D eigenvalue weighted by molar-refractivity contribution is 7.17. The third kappa shape index (κ3) is 2.18.